The summed E-state index contributed by atoms with van der Waals surface area (Å²) in [5.41, 5.74) is 2.13. The standard InChI is InChI=1S/C29H26BrN3O4S2/c1-5-36-28(35)23-24(17-9-7-6-8-10-17)31-29-33(25(23)18-11-13-20(38-4)14-12-18)26(34)22(39-29)16-19-15-21(30)27(37-19)32(2)3/h6-16,25H,5H2,1-4H3/b22-16+/t25-/m1/s1. The average Bonchev–Trinajstić information content (AvgIpc) is 3.47. The number of benzene rings is 2. The monoisotopic (exact) mass is 623 g/mol. The fourth-order valence-corrected chi connectivity index (χ4v) is 6.47. The second-order valence-corrected chi connectivity index (χ2v) is 11.6. The van der Waals surface area contributed by atoms with Gasteiger partial charge in [-0.2, -0.15) is 0 Å². The third kappa shape index (κ3) is 5.28. The summed E-state index contributed by atoms with van der Waals surface area (Å²) in [6.07, 6.45) is 3.72. The molecule has 5 rings (SSSR count). The molecule has 0 N–H and O–H groups in total. The van der Waals surface area contributed by atoms with Crippen molar-refractivity contribution in [3.05, 3.63) is 107 Å². The van der Waals surface area contributed by atoms with Crippen LogP contribution in [0.2, 0.25) is 0 Å². The van der Waals surface area contributed by atoms with Gasteiger partial charge in [0.1, 0.15) is 5.76 Å². The highest BCUT2D eigenvalue weighted by Crippen LogP contribution is 2.36. The molecule has 0 saturated carbocycles. The number of rotatable bonds is 7. The first kappa shape index (κ1) is 27.2. The van der Waals surface area contributed by atoms with Crippen molar-refractivity contribution in [2.45, 2.75) is 17.9 Å². The van der Waals surface area contributed by atoms with Gasteiger partial charge >= 0.3 is 5.97 Å². The molecular formula is C29H26BrN3O4S2. The van der Waals surface area contributed by atoms with E-state index in [2.05, 4.69) is 15.9 Å². The predicted octanol–water partition coefficient (Wildman–Crippen LogP) is 5.08. The minimum Gasteiger partial charge on any atom is -0.463 e. The number of thioether (sulfide) groups is 1. The molecule has 0 radical (unpaired) electrons. The van der Waals surface area contributed by atoms with Gasteiger partial charge in [-0.3, -0.25) is 9.36 Å². The van der Waals surface area contributed by atoms with Crippen molar-refractivity contribution in [1.82, 2.24) is 4.57 Å². The van der Waals surface area contributed by atoms with E-state index in [4.69, 9.17) is 14.1 Å². The number of thiazole rings is 1. The third-order valence-electron chi connectivity index (χ3n) is 6.17. The number of anilines is 1. The Bertz CT molecular complexity index is 1740. The quantitative estimate of drug-likeness (QED) is 0.211. The minimum absolute atomic E-state index is 0.203. The van der Waals surface area contributed by atoms with E-state index >= 15 is 0 Å². The Labute approximate surface area is 242 Å². The molecule has 7 nitrogen and oxygen atoms in total. The number of hydrogen-bond donors (Lipinski definition) is 0. The van der Waals surface area contributed by atoms with Crippen molar-refractivity contribution in [3.8, 4) is 0 Å². The molecule has 1 aliphatic heterocycles. The molecule has 4 aromatic rings. The van der Waals surface area contributed by atoms with Gasteiger partial charge < -0.3 is 14.1 Å². The van der Waals surface area contributed by atoms with E-state index < -0.39 is 12.0 Å². The topological polar surface area (TPSA) is 77.0 Å². The Morgan fingerprint density at radius 2 is 1.92 bits per heavy atom. The summed E-state index contributed by atoms with van der Waals surface area (Å²) in [5.74, 6) is 0.681. The Morgan fingerprint density at radius 3 is 2.54 bits per heavy atom. The highest BCUT2D eigenvalue weighted by molar-refractivity contribution is 9.10. The Balaban J connectivity index is 1.80. The molecule has 0 saturated heterocycles. The van der Waals surface area contributed by atoms with Crippen LogP contribution in [0.25, 0.3) is 11.8 Å². The lowest BCUT2D eigenvalue weighted by atomic mass is 9.93. The fraction of sp³-hybridized carbons (Fsp3) is 0.207. The lowest BCUT2D eigenvalue weighted by Gasteiger charge is -2.26. The molecule has 3 heterocycles. The number of aromatic nitrogens is 1. The van der Waals surface area contributed by atoms with Gasteiger partial charge in [0.2, 0.25) is 5.88 Å². The molecule has 0 aliphatic carbocycles. The molecule has 200 valence electrons. The van der Waals surface area contributed by atoms with Crippen molar-refractivity contribution in [2.75, 3.05) is 31.9 Å². The summed E-state index contributed by atoms with van der Waals surface area (Å²) in [5, 5.41) is 0. The highest BCUT2D eigenvalue weighted by Gasteiger charge is 2.35. The lowest BCUT2D eigenvalue weighted by molar-refractivity contribution is -0.138. The maximum atomic E-state index is 14.0. The highest BCUT2D eigenvalue weighted by atomic mass is 79.9. The Morgan fingerprint density at radius 1 is 1.21 bits per heavy atom. The van der Waals surface area contributed by atoms with Crippen LogP contribution in [0, 0.1) is 0 Å². The van der Waals surface area contributed by atoms with Crippen LogP contribution in [0.4, 0.5) is 5.88 Å². The van der Waals surface area contributed by atoms with Crippen molar-refractivity contribution in [2.24, 2.45) is 4.99 Å². The first-order chi connectivity index (χ1) is 18.8. The summed E-state index contributed by atoms with van der Waals surface area (Å²) in [6.45, 7) is 1.97. The van der Waals surface area contributed by atoms with Crippen LogP contribution in [0.15, 0.2) is 89.8 Å². The number of fused-ring (bicyclic) bond motifs is 1. The number of furan rings is 1. The summed E-state index contributed by atoms with van der Waals surface area (Å²) < 4.78 is 14.3. The van der Waals surface area contributed by atoms with Crippen molar-refractivity contribution >= 4 is 62.7 Å². The van der Waals surface area contributed by atoms with Crippen molar-refractivity contribution in [3.63, 3.8) is 0 Å². The van der Waals surface area contributed by atoms with E-state index in [1.165, 1.54) is 11.3 Å². The van der Waals surface area contributed by atoms with Gasteiger partial charge in [-0.05, 0) is 46.8 Å². The number of carbonyl (C=O) groups is 1. The maximum Gasteiger partial charge on any atom is 0.338 e. The van der Waals surface area contributed by atoms with E-state index in [1.54, 1.807) is 29.3 Å². The molecule has 39 heavy (non-hydrogen) atoms. The van der Waals surface area contributed by atoms with Crippen LogP contribution in [0.5, 0.6) is 0 Å². The van der Waals surface area contributed by atoms with E-state index in [0.29, 0.717) is 32.2 Å². The summed E-state index contributed by atoms with van der Waals surface area (Å²) in [4.78, 5) is 35.8. The summed E-state index contributed by atoms with van der Waals surface area (Å²) >= 11 is 6.40. The fourth-order valence-electron chi connectivity index (χ4n) is 4.42. The van der Waals surface area contributed by atoms with E-state index in [9.17, 15) is 9.59 Å². The molecule has 0 fully saturated rings. The molecule has 2 aromatic carbocycles. The van der Waals surface area contributed by atoms with E-state index in [0.717, 1.165) is 20.5 Å². The maximum absolute atomic E-state index is 14.0. The zero-order chi connectivity index (χ0) is 27.7. The minimum atomic E-state index is -0.714. The van der Waals surface area contributed by atoms with Gasteiger partial charge in [0, 0.05) is 36.7 Å². The number of nitrogens with zero attached hydrogens (tertiary/aromatic N) is 3. The SMILES string of the molecule is CCOC(=O)C1=C(c2ccccc2)N=c2s/c(=C/c3cc(Br)c(N(C)C)o3)c(=O)n2[C@@H]1c1ccc(SC)cc1. The number of ether oxygens (including phenoxy) is 1. The number of carbonyl (C=O) groups excluding carboxylic acids is 1. The summed E-state index contributed by atoms with van der Waals surface area (Å²) in [6, 6.07) is 18.5. The van der Waals surface area contributed by atoms with Crippen LogP contribution < -0.4 is 19.8 Å². The lowest BCUT2D eigenvalue weighted by Crippen LogP contribution is -2.40. The molecule has 0 spiro atoms. The largest absolute Gasteiger partial charge is 0.463 e. The van der Waals surface area contributed by atoms with Gasteiger partial charge in [-0.25, -0.2) is 9.79 Å². The number of hydrogen-bond acceptors (Lipinski definition) is 8. The van der Waals surface area contributed by atoms with Gasteiger partial charge in [0.15, 0.2) is 4.80 Å². The zero-order valence-corrected chi connectivity index (χ0v) is 25.0. The van der Waals surface area contributed by atoms with Gasteiger partial charge in [0.25, 0.3) is 5.56 Å². The molecule has 0 bridgehead atoms. The van der Waals surface area contributed by atoms with Gasteiger partial charge in [-0.1, -0.05) is 53.8 Å². The van der Waals surface area contributed by atoms with Crippen LogP contribution in [0.3, 0.4) is 0 Å². The molecular weight excluding hydrogens is 598 g/mol. The second kappa shape index (κ2) is 11.4. The smallest absolute Gasteiger partial charge is 0.338 e. The molecule has 1 atom stereocenters. The number of halogens is 1. The van der Waals surface area contributed by atoms with Crippen LogP contribution in [-0.2, 0) is 9.53 Å². The average molecular weight is 625 g/mol. The Kier molecular flexibility index (Phi) is 7.97. The van der Waals surface area contributed by atoms with Gasteiger partial charge in [-0.15, -0.1) is 11.8 Å². The van der Waals surface area contributed by atoms with Crippen molar-refractivity contribution < 1.29 is 13.9 Å². The molecule has 2 aromatic heterocycles. The first-order valence-electron chi connectivity index (χ1n) is 12.2. The van der Waals surface area contributed by atoms with Crippen LogP contribution >= 0.6 is 39.0 Å². The summed E-state index contributed by atoms with van der Waals surface area (Å²) in [7, 11) is 3.76. The molecule has 10 heteroatoms. The Hall–Kier alpha value is -3.34. The second-order valence-electron chi connectivity index (χ2n) is 8.90. The number of esters is 1. The van der Waals surface area contributed by atoms with Crippen LogP contribution in [-0.4, -0.2) is 37.5 Å². The first-order valence-corrected chi connectivity index (χ1v) is 15.0. The van der Waals surface area contributed by atoms with Crippen molar-refractivity contribution in [1.29, 1.82) is 0 Å². The molecule has 0 amide bonds. The van der Waals surface area contributed by atoms with Crippen LogP contribution in [0.1, 0.15) is 29.9 Å². The normalized spacial score (nSPS) is 15.2. The molecule has 1 aliphatic rings. The van der Waals surface area contributed by atoms with E-state index in [-0.39, 0.29) is 12.2 Å². The van der Waals surface area contributed by atoms with E-state index in [1.807, 2.05) is 85.9 Å². The zero-order valence-electron chi connectivity index (χ0n) is 21.8. The van der Waals surface area contributed by atoms with Gasteiger partial charge in [0.05, 0.1) is 32.9 Å². The predicted molar refractivity (Wildman–Crippen MR) is 160 cm³/mol. The molecule has 0 unspecified atom stereocenters. The third-order valence-corrected chi connectivity index (χ3v) is 8.47.